The summed E-state index contributed by atoms with van der Waals surface area (Å²) in [6, 6.07) is 0. The van der Waals surface area contributed by atoms with Crippen molar-refractivity contribution >= 4 is 37.6 Å². The minimum Gasteiger partial charge on any atom is -0.392 e. The topological polar surface area (TPSA) is 37.3 Å². The third-order valence-electron chi connectivity index (χ3n) is 4.48. The van der Waals surface area contributed by atoms with Crippen LogP contribution in [0.15, 0.2) is 12.2 Å². The molecule has 0 fully saturated rings. The Morgan fingerprint density at radius 1 is 0.880 bits per heavy atom. The van der Waals surface area contributed by atoms with Gasteiger partial charge in [0.25, 0.3) is 0 Å². The van der Waals surface area contributed by atoms with Gasteiger partial charge in [0.15, 0.2) is 0 Å². The molecule has 1 N–H and O–H groups in total. The van der Waals surface area contributed by atoms with Crippen LogP contribution >= 0.6 is 31.9 Å². The van der Waals surface area contributed by atoms with Crippen molar-refractivity contribution in [3.63, 3.8) is 0 Å². The van der Waals surface area contributed by atoms with Crippen molar-refractivity contribution in [3.05, 3.63) is 12.2 Å². The Kier molecular flexibility index (Phi) is 18.0. The number of unbranched alkanes of at least 4 members (excludes halogenated alkanes) is 8. The van der Waals surface area contributed by atoms with E-state index in [1.165, 1.54) is 51.4 Å². The molecule has 0 spiro atoms. The van der Waals surface area contributed by atoms with Crippen molar-refractivity contribution in [2.45, 2.75) is 113 Å². The van der Waals surface area contributed by atoms with Gasteiger partial charge in [-0.3, -0.25) is 0 Å². The molecular weight excluding hydrogens is 444 g/mol. The van der Waals surface area contributed by atoms with E-state index in [2.05, 4.69) is 50.9 Å². The van der Waals surface area contributed by atoms with Gasteiger partial charge in [0, 0.05) is 11.2 Å². The number of hydrogen-bond donors (Lipinski definition) is 1. The molecule has 0 aliphatic heterocycles. The third kappa shape index (κ3) is 17.5. The zero-order chi connectivity index (χ0) is 18.9. The van der Waals surface area contributed by atoms with Crippen molar-refractivity contribution in [3.8, 4) is 0 Å². The molecule has 0 aromatic carbocycles. The highest BCUT2D eigenvalue weighted by Gasteiger charge is 2.12. The Labute approximate surface area is 172 Å². The largest absolute Gasteiger partial charge is 0.392 e. The van der Waals surface area contributed by atoms with Gasteiger partial charge in [0.2, 0.25) is 0 Å². The summed E-state index contributed by atoms with van der Waals surface area (Å²) in [6.07, 6.45) is 18.7. The number of ketones is 1. The Morgan fingerprint density at radius 2 is 1.44 bits per heavy atom. The number of Topliss-reactive ketones (excluding diaryl/α,β-unsaturated/α-hetero) is 1. The highest BCUT2D eigenvalue weighted by atomic mass is 79.9. The average Bonchev–Trinajstić information content (AvgIpc) is 2.58. The van der Waals surface area contributed by atoms with Crippen LogP contribution in [-0.2, 0) is 4.79 Å². The zero-order valence-corrected chi connectivity index (χ0v) is 19.4. The quantitative estimate of drug-likeness (QED) is 0.136. The molecule has 0 amide bonds. The lowest BCUT2D eigenvalue weighted by molar-refractivity contribution is -0.117. The zero-order valence-electron chi connectivity index (χ0n) is 16.2. The summed E-state index contributed by atoms with van der Waals surface area (Å²) in [6.45, 7) is 3.88. The highest BCUT2D eigenvalue weighted by molar-refractivity contribution is 9.10. The first-order chi connectivity index (χ1) is 12.0. The van der Waals surface area contributed by atoms with Crippen LogP contribution in [0.25, 0.3) is 0 Å². The molecule has 3 atom stereocenters. The van der Waals surface area contributed by atoms with Gasteiger partial charge in [0.1, 0.15) is 5.78 Å². The van der Waals surface area contributed by atoms with E-state index in [-0.39, 0.29) is 10.9 Å². The Morgan fingerprint density at radius 3 is 2.08 bits per heavy atom. The van der Waals surface area contributed by atoms with Gasteiger partial charge in [-0.2, -0.15) is 0 Å². The fourth-order valence-electron chi connectivity index (χ4n) is 2.81. The number of allylic oxidation sites excluding steroid dienone is 1. The van der Waals surface area contributed by atoms with E-state index >= 15 is 0 Å². The van der Waals surface area contributed by atoms with Gasteiger partial charge >= 0.3 is 0 Å². The fraction of sp³-hybridized carbons (Fsp3) is 0.857. The lowest BCUT2D eigenvalue weighted by atomic mass is 10.0. The minimum absolute atomic E-state index is 0.0513. The van der Waals surface area contributed by atoms with E-state index in [0.717, 1.165) is 32.1 Å². The van der Waals surface area contributed by atoms with Gasteiger partial charge in [-0.25, -0.2) is 0 Å². The Balaban J connectivity index is 3.63. The van der Waals surface area contributed by atoms with E-state index in [1.807, 2.05) is 0 Å². The number of rotatable bonds is 17. The summed E-state index contributed by atoms with van der Waals surface area (Å²) >= 11 is 7.30. The van der Waals surface area contributed by atoms with Crippen LogP contribution in [-0.4, -0.2) is 26.6 Å². The molecule has 0 saturated heterocycles. The molecule has 3 unspecified atom stereocenters. The predicted molar refractivity (Wildman–Crippen MR) is 117 cm³/mol. The standard InChI is InChI=1S/C21H38Br2O2/c1-3-4-5-12-15-21(25)20(23)17-16-19(22)14-11-9-7-6-8-10-13-18(2)24/h16-17,19-21,25H,3-15H2,1-2H3. The van der Waals surface area contributed by atoms with Gasteiger partial charge in [-0.1, -0.05) is 109 Å². The first-order valence-electron chi connectivity index (χ1n) is 10.1. The maximum atomic E-state index is 10.9. The second-order valence-corrected chi connectivity index (χ2v) is 9.36. The van der Waals surface area contributed by atoms with Gasteiger partial charge in [-0.05, 0) is 26.2 Å². The van der Waals surface area contributed by atoms with E-state index in [0.29, 0.717) is 10.6 Å². The van der Waals surface area contributed by atoms with Crippen molar-refractivity contribution in [1.82, 2.24) is 0 Å². The fourth-order valence-corrected chi connectivity index (χ4v) is 3.75. The van der Waals surface area contributed by atoms with Gasteiger partial charge in [-0.15, -0.1) is 0 Å². The first kappa shape index (κ1) is 25.3. The van der Waals surface area contributed by atoms with Crippen molar-refractivity contribution < 1.29 is 9.90 Å². The third-order valence-corrected chi connectivity index (χ3v) is 6.16. The molecule has 0 radical (unpaired) electrons. The van der Waals surface area contributed by atoms with E-state index in [9.17, 15) is 9.90 Å². The lowest BCUT2D eigenvalue weighted by Gasteiger charge is -2.14. The summed E-state index contributed by atoms with van der Waals surface area (Å²) in [5.41, 5.74) is 0. The first-order valence-corrected chi connectivity index (χ1v) is 11.9. The molecule has 0 aliphatic carbocycles. The lowest BCUT2D eigenvalue weighted by Crippen LogP contribution is -2.18. The molecule has 0 aliphatic rings. The molecule has 0 heterocycles. The van der Waals surface area contributed by atoms with Crippen LogP contribution in [0.1, 0.15) is 97.3 Å². The average molecular weight is 482 g/mol. The van der Waals surface area contributed by atoms with E-state index in [1.54, 1.807) is 6.92 Å². The van der Waals surface area contributed by atoms with Gasteiger partial charge < -0.3 is 9.90 Å². The molecule has 4 heteroatoms. The number of alkyl halides is 2. The summed E-state index contributed by atoms with van der Waals surface area (Å²) in [5, 5.41) is 10.1. The minimum atomic E-state index is -0.289. The van der Waals surface area contributed by atoms with Crippen molar-refractivity contribution in [2.24, 2.45) is 0 Å². The van der Waals surface area contributed by atoms with Crippen LogP contribution < -0.4 is 0 Å². The van der Waals surface area contributed by atoms with Crippen molar-refractivity contribution in [2.75, 3.05) is 0 Å². The summed E-state index contributed by atoms with van der Waals surface area (Å²) in [5.74, 6) is 0.310. The monoisotopic (exact) mass is 480 g/mol. The number of aliphatic hydroxyl groups is 1. The van der Waals surface area contributed by atoms with E-state index < -0.39 is 0 Å². The maximum absolute atomic E-state index is 10.9. The SMILES string of the molecule is CCCCCCC(O)C(Br)C=CC(Br)CCCCCCCCC(C)=O. The van der Waals surface area contributed by atoms with Crippen LogP contribution in [0.5, 0.6) is 0 Å². The molecule has 0 saturated carbocycles. The number of carbonyl (C=O) groups excluding carboxylic acids is 1. The molecule has 2 nitrogen and oxygen atoms in total. The smallest absolute Gasteiger partial charge is 0.129 e. The van der Waals surface area contributed by atoms with E-state index in [4.69, 9.17) is 0 Å². The summed E-state index contributed by atoms with van der Waals surface area (Å²) < 4.78 is 0. The molecule has 0 bridgehead atoms. The second-order valence-electron chi connectivity index (χ2n) is 7.12. The maximum Gasteiger partial charge on any atom is 0.129 e. The van der Waals surface area contributed by atoms with Crippen LogP contribution in [0.2, 0.25) is 0 Å². The summed E-state index contributed by atoms with van der Waals surface area (Å²) in [7, 11) is 0. The number of hydrogen-bond acceptors (Lipinski definition) is 2. The summed E-state index contributed by atoms with van der Waals surface area (Å²) in [4.78, 5) is 11.3. The molecule has 148 valence electrons. The molecule has 0 aromatic heterocycles. The number of halogens is 2. The second kappa shape index (κ2) is 17.7. The number of aliphatic hydroxyl groups excluding tert-OH is 1. The normalized spacial score (nSPS) is 15.4. The molecular formula is C21H38Br2O2. The molecule has 0 rings (SSSR count). The van der Waals surface area contributed by atoms with Crippen molar-refractivity contribution in [1.29, 1.82) is 0 Å². The molecule has 25 heavy (non-hydrogen) atoms. The Bertz CT molecular complexity index is 345. The van der Waals surface area contributed by atoms with Crippen LogP contribution in [0.4, 0.5) is 0 Å². The van der Waals surface area contributed by atoms with Crippen LogP contribution in [0.3, 0.4) is 0 Å². The van der Waals surface area contributed by atoms with Crippen LogP contribution in [0, 0.1) is 0 Å². The van der Waals surface area contributed by atoms with Gasteiger partial charge in [0.05, 0.1) is 10.9 Å². The molecule has 0 aromatic rings. The highest BCUT2D eigenvalue weighted by Crippen LogP contribution is 2.19. The Hall–Kier alpha value is 0.330. The number of carbonyl (C=O) groups is 1. The predicted octanol–water partition coefficient (Wildman–Crippen LogP) is 7.11.